The summed E-state index contributed by atoms with van der Waals surface area (Å²) in [5, 5.41) is 4.33. The summed E-state index contributed by atoms with van der Waals surface area (Å²) in [6, 6.07) is 9.71. The largest absolute Gasteiger partial charge is 0.378 e. The van der Waals surface area contributed by atoms with Gasteiger partial charge in [-0.1, -0.05) is 35.5 Å². The molecule has 5 rings (SSSR count). The molecule has 0 saturated carbocycles. The van der Waals surface area contributed by atoms with Crippen molar-refractivity contribution in [3.8, 4) is 11.3 Å². The number of morpholine rings is 1. The minimum atomic E-state index is -0.0257. The van der Waals surface area contributed by atoms with Crippen molar-refractivity contribution in [1.29, 1.82) is 0 Å². The number of aromatic nitrogens is 1. The Morgan fingerprint density at radius 3 is 2.47 bits per heavy atom. The molecule has 0 bridgehead atoms. The van der Waals surface area contributed by atoms with Crippen molar-refractivity contribution in [2.45, 2.75) is 25.7 Å². The van der Waals surface area contributed by atoms with Crippen LogP contribution in [0.5, 0.6) is 0 Å². The minimum Gasteiger partial charge on any atom is -0.378 e. The SMILES string of the molecule is O=C1CCCN1CC1CCN(C(=O)c2c(N3CCOCC3)noc2-c2ccccc2)CC1. The van der Waals surface area contributed by atoms with Crippen LogP contribution in [0.4, 0.5) is 5.82 Å². The lowest BCUT2D eigenvalue weighted by Crippen LogP contribution is -2.43. The van der Waals surface area contributed by atoms with Crippen molar-refractivity contribution >= 4 is 17.6 Å². The fraction of sp³-hybridized carbons (Fsp3) is 0.542. The molecule has 0 aliphatic carbocycles. The summed E-state index contributed by atoms with van der Waals surface area (Å²) in [6.45, 7) is 5.68. The zero-order valence-electron chi connectivity index (χ0n) is 18.4. The molecular formula is C24H30N4O4. The molecule has 0 radical (unpaired) electrons. The third-order valence-electron chi connectivity index (χ3n) is 6.79. The Morgan fingerprint density at radius 2 is 1.78 bits per heavy atom. The fourth-order valence-electron chi connectivity index (χ4n) is 4.94. The van der Waals surface area contributed by atoms with Crippen LogP contribution >= 0.6 is 0 Å². The van der Waals surface area contributed by atoms with Crippen molar-refractivity contribution in [3.05, 3.63) is 35.9 Å². The van der Waals surface area contributed by atoms with Gasteiger partial charge in [-0.3, -0.25) is 9.59 Å². The van der Waals surface area contributed by atoms with Crippen molar-refractivity contribution in [1.82, 2.24) is 15.0 Å². The van der Waals surface area contributed by atoms with Gasteiger partial charge in [-0.25, -0.2) is 0 Å². The predicted octanol–water partition coefficient (Wildman–Crippen LogP) is 2.65. The van der Waals surface area contributed by atoms with Gasteiger partial charge in [-0.15, -0.1) is 0 Å². The molecule has 8 nitrogen and oxygen atoms in total. The standard InChI is InChI=1S/C24H30N4O4/c29-20-7-4-10-28(20)17-18-8-11-27(12-9-18)24(30)21-22(19-5-2-1-3-6-19)32-25-23(21)26-13-15-31-16-14-26/h1-3,5-6,18H,4,7-17H2. The zero-order valence-corrected chi connectivity index (χ0v) is 18.4. The van der Waals surface area contributed by atoms with Crippen molar-refractivity contribution < 1.29 is 18.8 Å². The third-order valence-corrected chi connectivity index (χ3v) is 6.79. The molecule has 3 fully saturated rings. The topological polar surface area (TPSA) is 79.1 Å². The number of ether oxygens (including phenoxy) is 1. The summed E-state index contributed by atoms with van der Waals surface area (Å²) < 4.78 is 11.2. The van der Waals surface area contributed by atoms with Gasteiger partial charge in [0, 0.05) is 51.3 Å². The molecule has 8 heteroatoms. The number of likely N-dealkylation sites (tertiary alicyclic amines) is 2. The maximum atomic E-state index is 13.7. The number of hydrogen-bond acceptors (Lipinski definition) is 6. The number of nitrogens with zero attached hydrogens (tertiary/aromatic N) is 4. The summed E-state index contributed by atoms with van der Waals surface area (Å²) in [6.07, 6.45) is 3.47. The number of rotatable bonds is 5. The van der Waals surface area contributed by atoms with Gasteiger partial charge in [0.2, 0.25) is 5.91 Å². The molecule has 0 unspecified atom stereocenters. The normalized spacial score (nSPS) is 20.2. The molecule has 1 aromatic heterocycles. The van der Waals surface area contributed by atoms with Crippen LogP contribution in [0.1, 0.15) is 36.0 Å². The van der Waals surface area contributed by atoms with Crippen LogP contribution < -0.4 is 4.90 Å². The first-order valence-corrected chi connectivity index (χ1v) is 11.7. The van der Waals surface area contributed by atoms with E-state index in [2.05, 4.69) is 10.1 Å². The highest BCUT2D eigenvalue weighted by Crippen LogP contribution is 2.34. The second-order valence-corrected chi connectivity index (χ2v) is 8.85. The average Bonchev–Trinajstić information content (AvgIpc) is 3.47. The molecule has 4 heterocycles. The van der Waals surface area contributed by atoms with Gasteiger partial charge >= 0.3 is 0 Å². The highest BCUT2D eigenvalue weighted by Gasteiger charge is 2.34. The van der Waals surface area contributed by atoms with Gasteiger partial charge in [-0.2, -0.15) is 0 Å². The monoisotopic (exact) mass is 438 g/mol. The number of anilines is 1. The molecule has 0 N–H and O–H groups in total. The van der Waals surface area contributed by atoms with E-state index < -0.39 is 0 Å². The third kappa shape index (κ3) is 4.24. The van der Waals surface area contributed by atoms with Gasteiger partial charge < -0.3 is 24.0 Å². The van der Waals surface area contributed by atoms with E-state index >= 15 is 0 Å². The molecule has 32 heavy (non-hydrogen) atoms. The lowest BCUT2D eigenvalue weighted by Gasteiger charge is -2.34. The van der Waals surface area contributed by atoms with Gasteiger partial charge in [0.05, 0.1) is 13.2 Å². The van der Waals surface area contributed by atoms with Crippen molar-refractivity contribution in [3.63, 3.8) is 0 Å². The molecule has 1 aromatic carbocycles. The first-order valence-electron chi connectivity index (χ1n) is 11.7. The summed E-state index contributed by atoms with van der Waals surface area (Å²) >= 11 is 0. The maximum absolute atomic E-state index is 13.7. The number of piperidine rings is 1. The number of carbonyl (C=O) groups is 2. The van der Waals surface area contributed by atoms with E-state index in [1.165, 1.54) is 0 Å². The predicted molar refractivity (Wildman–Crippen MR) is 119 cm³/mol. The summed E-state index contributed by atoms with van der Waals surface area (Å²) in [5.74, 6) is 1.85. The molecule has 170 valence electrons. The lowest BCUT2D eigenvalue weighted by molar-refractivity contribution is -0.128. The first-order chi connectivity index (χ1) is 15.7. The summed E-state index contributed by atoms with van der Waals surface area (Å²) in [5.41, 5.74) is 1.40. The second-order valence-electron chi connectivity index (χ2n) is 8.85. The van der Waals surface area contributed by atoms with Crippen LogP contribution in [-0.4, -0.2) is 79.3 Å². The number of benzene rings is 1. The number of amides is 2. The minimum absolute atomic E-state index is 0.0257. The summed E-state index contributed by atoms with van der Waals surface area (Å²) in [7, 11) is 0. The highest BCUT2D eigenvalue weighted by atomic mass is 16.5. The smallest absolute Gasteiger partial charge is 0.261 e. The quantitative estimate of drug-likeness (QED) is 0.714. The van der Waals surface area contributed by atoms with Crippen molar-refractivity contribution in [2.24, 2.45) is 5.92 Å². The zero-order chi connectivity index (χ0) is 21.9. The number of carbonyl (C=O) groups excluding carboxylic acids is 2. The number of hydrogen-bond donors (Lipinski definition) is 0. The van der Waals surface area contributed by atoms with E-state index in [4.69, 9.17) is 9.26 Å². The lowest BCUT2D eigenvalue weighted by atomic mass is 9.95. The molecule has 2 amide bonds. The Labute approximate surface area is 188 Å². The molecule has 3 saturated heterocycles. The molecule has 0 atom stereocenters. The second kappa shape index (κ2) is 9.32. The Hall–Kier alpha value is -2.87. The van der Waals surface area contributed by atoms with E-state index in [-0.39, 0.29) is 11.8 Å². The van der Waals surface area contributed by atoms with Crippen LogP contribution in [0.3, 0.4) is 0 Å². The average molecular weight is 439 g/mol. The maximum Gasteiger partial charge on any atom is 0.261 e. The first kappa shape index (κ1) is 21.0. The van der Waals surface area contributed by atoms with E-state index in [0.717, 1.165) is 37.9 Å². The Morgan fingerprint density at radius 1 is 1.03 bits per heavy atom. The Balaban J connectivity index is 1.34. The van der Waals surface area contributed by atoms with E-state index in [1.54, 1.807) is 0 Å². The fourth-order valence-corrected chi connectivity index (χ4v) is 4.94. The van der Waals surface area contributed by atoms with Gasteiger partial charge in [0.1, 0.15) is 5.56 Å². The summed E-state index contributed by atoms with van der Waals surface area (Å²) in [4.78, 5) is 31.7. The van der Waals surface area contributed by atoms with Crippen LogP contribution in [0, 0.1) is 5.92 Å². The Bertz CT molecular complexity index is 946. The molecule has 0 spiro atoms. The van der Waals surface area contributed by atoms with Crippen LogP contribution in [0.25, 0.3) is 11.3 Å². The molecule has 3 aliphatic rings. The van der Waals surface area contributed by atoms with Crippen LogP contribution in [-0.2, 0) is 9.53 Å². The van der Waals surface area contributed by atoms with E-state index in [0.29, 0.717) is 68.9 Å². The van der Waals surface area contributed by atoms with Gasteiger partial charge in [0.15, 0.2) is 11.6 Å². The Kier molecular flexibility index (Phi) is 6.12. The van der Waals surface area contributed by atoms with Crippen molar-refractivity contribution in [2.75, 3.05) is 57.4 Å². The molecule has 2 aromatic rings. The van der Waals surface area contributed by atoms with Crippen LogP contribution in [0.2, 0.25) is 0 Å². The van der Waals surface area contributed by atoms with Crippen LogP contribution in [0.15, 0.2) is 34.9 Å². The van der Waals surface area contributed by atoms with Gasteiger partial charge in [0.25, 0.3) is 5.91 Å². The molecular weight excluding hydrogens is 408 g/mol. The van der Waals surface area contributed by atoms with Gasteiger partial charge in [-0.05, 0) is 25.2 Å². The molecule has 3 aliphatic heterocycles. The van der Waals surface area contributed by atoms with E-state index in [1.807, 2.05) is 40.1 Å². The van der Waals surface area contributed by atoms with E-state index in [9.17, 15) is 9.59 Å². The highest BCUT2D eigenvalue weighted by molar-refractivity contribution is 6.04.